The van der Waals surface area contributed by atoms with Gasteiger partial charge < -0.3 is 26.4 Å². The second-order valence-corrected chi connectivity index (χ2v) is 10.6. The van der Waals surface area contributed by atoms with Crippen molar-refractivity contribution in [2.24, 2.45) is 0 Å². The number of halogens is 1. The predicted octanol–water partition coefficient (Wildman–Crippen LogP) is 3.32. The molecular weight excluding hydrogens is 492 g/mol. The Morgan fingerprint density at radius 1 is 1.09 bits per heavy atom. The van der Waals surface area contributed by atoms with Crippen molar-refractivity contribution in [2.75, 3.05) is 35.6 Å². The summed E-state index contributed by atoms with van der Waals surface area (Å²) in [6.45, 7) is 3.58. The SMILES string of the molecule is CC(C)S(=O)(=O)c1ccccc1Nc1nc(Nc2cccc(NC(=O)CNCCO)c2)ncc1Cl. The molecule has 1 aromatic heterocycles. The lowest BCUT2D eigenvalue weighted by Crippen LogP contribution is -2.29. The van der Waals surface area contributed by atoms with Crippen LogP contribution in [0, 0.1) is 0 Å². The third-order valence-electron chi connectivity index (χ3n) is 4.79. The molecule has 1 heterocycles. The second kappa shape index (κ2) is 11.9. The lowest BCUT2D eigenvalue weighted by Gasteiger charge is -2.15. The van der Waals surface area contributed by atoms with Gasteiger partial charge in [-0.1, -0.05) is 29.8 Å². The number of sulfone groups is 1. The molecular formula is C23H27ClN6O4S. The van der Waals surface area contributed by atoms with Crippen molar-refractivity contribution in [1.29, 1.82) is 0 Å². The highest BCUT2D eigenvalue weighted by atomic mass is 35.5. The van der Waals surface area contributed by atoms with Crippen LogP contribution in [0.4, 0.5) is 28.8 Å². The molecule has 0 unspecified atom stereocenters. The topological polar surface area (TPSA) is 145 Å². The molecule has 0 saturated carbocycles. The minimum Gasteiger partial charge on any atom is -0.395 e. The zero-order valence-corrected chi connectivity index (χ0v) is 20.8. The number of benzene rings is 2. The Balaban J connectivity index is 1.78. The number of rotatable bonds is 11. The highest BCUT2D eigenvalue weighted by Crippen LogP contribution is 2.30. The van der Waals surface area contributed by atoms with E-state index in [1.807, 2.05) is 0 Å². The smallest absolute Gasteiger partial charge is 0.238 e. The first-order chi connectivity index (χ1) is 16.7. The van der Waals surface area contributed by atoms with E-state index in [9.17, 15) is 13.2 Å². The number of aliphatic hydroxyl groups excluding tert-OH is 1. The van der Waals surface area contributed by atoms with Gasteiger partial charge in [0.1, 0.15) is 5.02 Å². The van der Waals surface area contributed by atoms with Crippen LogP contribution in [0.1, 0.15) is 13.8 Å². The number of hydrogen-bond donors (Lipinski definition) is 5. The number of amides is 1. The van der Waals surface area contributed by atoms with Crippen molar-refractivity contribution in [3.8, 4) is 0 Å². The molecule has 0 saturated heterocycles. The number of aromatic nitrogens is 2. The summed E-state index contributed by atoms with van der Waals surface area (Å²) >= 11 is 6.28. The molecule has 10 nitrogen and oxygen atoms in total. The molecule has 0 aliphatic rings. The van der Waals surface area contributed by atoms with Gasteiger partial charge in [0.25, 0.3) is 0 Å². The first-order valence-corrected chi connectivity index (χ1v) is 12.7. The number of anilines is 5. The third-order valence-corrected chi connectivity index (χ3v) is 7.27. The lowest BCUT2D eigenvalue weighted by atomic mass is 10.2. The maximum Gasteiger partial charge on any atom is 0.238 e. The van der Waals surface area contributed by atoms with Crippen molar-refractivity contribution in [3.05, 3.63) is 59.8 Å². The Bertz CT molecular complexity index is 1290. The number of carbonyl (C=O) groups is 1. The number of carbonyl (C=O) groups excluding carboxylic acids is 1. The Kier molecular flexibility index (Phi) is 8.99. The van der Waals surface area contributed by atoms with Gasteiger partial charge in [0.2, 0.25) is 11.9 Å². The number of nitrogens with one attached hydrogen (secondary N) is 4. The van der Waals surface area contributed by atoms with Crippen molar-refractivity contribution in [1.82, 2.24) is 15.3 Å². The van der Waals surface area contributed by atoms with E-state index < -0.39 is 15.1 Å². The van der Waals surface area contributed by atoms with Crippen LogP contribution >= 0.6 is 11.6 Å². The van der Waals surface area contributed by atoms with E-state index in [1.165, 1.54) is 12.3 Å². The molecule has 12 heteroatoms. The van der Waals surface area contributed by atoms with Gasteiger partial charge in [-0.15, -0.1) is 0 Å². The fourth-order valence-electron chi connectivity index (χ4n) is 3.00. The molecule has 0 aliphatic heterocycles. The molecule has 186 valence electrons. The van der Waals surface area contributed by atoms with Crippen molar-refractivity contribution in [3.63, 3.8) is 0 Å². The minimum atomic E-state index is -3.54. The van der Waals surface area contributed by atoms with E-state index in [-0.39, 0.29) is 40.7 Å². The average Bonchev–Trinajstić information content (AvgIpc) is 2.82. The number of hydrogen-bond acceptors (Lipinski definition) is 9. The molecule has 3 aromatic rings. The molecule has 0 atom stereocenters. The van der Waals surface area contributed by atoms with Gasteiger partial charge in [0.15, 0.2) is 15.7 Å². The van der Waals surface area contributed by atoms with E-state index in [0.29, 0.717) is 23.6 Å². The molecule has 35 heavy (non-hydrogen) atoms. The maximum absolute atomic E-state index is 12.8. The molecule has 0 aliphatic carbocycles. The third kappa shape index (κ3) is 7.12. The summed E-state index contributed by atoms with van der Waals surface area (Å²) in [4.78, 5) is 20.7. The molecule has 0 fully saturated rings. The number of aliphatic hydroxyl groups is 1. The van der Waals surface area contributed by atoms with Crippen LogP contribution in [-0.2, 0) is 14.6 Å². The van der Waals surface area contributed by atoms with E-state index in [1.54, 1.807) is 56.3 Å². The lowest BCUT2D eigenvalue weighted by molar-refractivity contribution is -0.115. The van der Waals surface area contributed by atoms with Crippen LogP contribution in [0.25, 0.3) is 0 Å². The normalized spacial score (nSPS) is 11.3. The predicted molar refractivity (Wildman–Crippen MR) is 137 cm³/mol. The largest absolute Gasteiger partial charge is 0.395 e. The molecule has 2 aromatic carbocycles. The minimum absolute atomic E-state index is 0.0518. The highest BCUT2D eigenvalue weighted by molar-refractivity contribution is 7.92. The summed E-state index contributed by atoms with van der Waals surface area (Å²) in [5, 5.41) is 20.0. The van der Waals surface area contributed by atoms with Crippen molar-refractivity contribution in [2.45, 2.75) is 24.0 Å². The fraction of sp³-hybridized carbons (Fsp3) is 0.261. The van der Waals surface area contributed by atoms with Crippen LogP contribution in [0.3, 0.4) is 0 Å². The van der Waals surface area contributed by atoms with Crippen molar-refractivity contribution < 1.29 is 18.3 Å². The number of nitrogens with zero attached hydrogens (tertiary/aromatic N) is 2. The summed E-state index contributed by atoms with van der Waals surface area (Å²) in [5.74, 6) is 0.198. The van der Waals surface area contributed by atoms with Gasteiger partial charge in [0.05, 0.1) is 35.2 Å². The maximum atomic E-state index is 12.8. The molecule has 5 N–H and O–H groups in total. The van der Waals surface area contributed by atoms with Crippen LogP contribution in [0.2, 0.25) is 5.02 Å². The van der Waals surface area contributed by atoms with E-state index in [0.717, 1.165) is 0 Å². The molecule has 3 rings (SSSR count). The summed E-state index contributed by atoms with van der Waals surface area (Å²) in [7, 11) is -3.54. The fourth-order valence-corrected chi connectivity index (χ4v) is 4.34. The molecule has 0 bridgehead atoms. The molecule has 1 amide bonds. The Morgan fingerprint density at radius 3 is 2.57 bits per heavy atom. The van der Waals surface area contributed by atoms with Gasteiger partial charge in [-0.05, 0) is 44.2 Å². The summed E-state index contributed by atoms with van der Waals surface area (Å²) in [6, 6.07) is 13.5. The average molecular weight is 519 g/mol. The summed E-state index contributed by atoms with van der Waals surface area (Å²) < 4.78 is 25.5. The summed E-state index contributed by atoms with van der Waals surface area (Å²) in [6.07, 6.45) is 1.40. The standard InChI is InChI=1S/C23H27ClN6O4S/c1-15(2)35(33,34)20-9-4-3-8-19(20)29-22-18(24)13-26-23(30-22)28-17-7-5-6-16(12-17)27-21(32)14-25-10-11-31/h3-9,12-13,15,25,31H,10-11,14H2,1-2H3,(H,27,32)(H2,26,28,29,30). The van der Waals surface area contributed by atoms with E-state index >= 15 is 0 Å². The monoisotopic (exact) mass is 518 g/mol. The van der Waals surface area contributed by atoms with Gasteiger partial charge in [0, 0.05) is 17.9 Å². The Morgan fingerprint density at radius 2 is 1.83 bits per heavy atom. The van der Waals surface area contributed by atoms with E-state index in [4.69, 9.17) is 16.7 Å². The van der Waals surface area contributed by atoms with Crippen molar-refractivity contribution >= 4 is 56.2 Å². The zero-order chi connectivity index (χ0) is 25.4. The number of para-hydroxylation sites is 1. The quantitative estimate of drug-likeness (QED) is 0.241. The van der Waals surface area contributed by atoms with Crippen LogP contribution in [0.5, 0.6) is 0 Å². The van der Waals surface area contributed by atoms with Gasteiger partial charge in [-0.2, -0.15) is 4.98 Å². The van der Waals surface area contributed by atoms with Gasteiger partial charge >= 0.3 is 0 Å². The van der Waals surface area contributed by atoms with Crippen LogP contribution < -0.4 is 21.3 Å². The molecule has 0 spiro atoms. The Labute approximate surface area is 209 Å². The Hall–Kier alpha value is -3.25. The molecule has 0 radical (unpaired) electrons. The van der Waals surface area contributed by atoms with Crippen LogP contribution in [-0.4, -0.2) is 54.3 Å². The van der Waals surface area contributed by atoms with Gasteiger partial charge in [-0.25, -0.2) is 13.4 Å². The highest BCUT2D eigenvalue weighted by Gasteiger charge is 2.23. The second-order valence-electron chi connectivity index (χ2n) is 7.76. The van der Waals surface area contributed by atoms with Crippen LogP contribution in [0.15, 0.2) is 59.6 Å². The first-order valence-electron chi connectivity index (χ1n) is 10.8. The summed E-state index contributed by atoms with van der Waals surface area (Å²) in [5.41, 5.74) is 1.53. The first kappa shape index (κ1) is 26.4. The van der Waals surface area contributed by atoms with E-state index in [2.05, 4.69) is 31.2 Å². The van der Waals surface area contributed by atoms with Gasteiger partial charge in [-0.3, -0.25) is 4.79 Å². The zero-order valence-electron chi connectivity index (χ0n) is 19.2.